The van der Waals surface area contributed by atoms with E-state index in [-0.39, 0.29) is 5.91 Å². The first-order valence-electron chi connectivity index (χ1n) is 7.65. The van der Waals surface area contributed by atoms with E-state index in [4.69, 9.17) is 0 Å². The molecule has 2 aromatic carbocycles. The quantitative estimate of drug-likeness (QED) is 0.760. The van der Waals surface area contributed by atoms with E-state index >= 15 is 0 Å². The first kappa shape index (κ1) is 15.7. The van der Waals surface area contributed by atoms with E-state index in [1.54, 1.807) is 12.3 Å². The highest BCUT2D eigenvalue weighted by atomic mass is 16.1. The summed E-state index contributed by atoms with van der Waals surface area (Å²) in [7, 11) is 0. The summed E-state index contributed by atoms with van der Waals surface area (Å²) in [5.41, 5.74) is 4.12. The number of anilines is 3. The molecular weight excluding hydrogens is 300 g/mol. The molecule has 1 amide bonds. The van der Waals surface area contributed by atoms with Crippen LogP contribution in [0.15, 0.2) is 60.8 Å². The van der Waals surface area contributed by atoms with Crippen molar-refractivity contribution in [1.82, 2.24) is 9.97 Å². The van der Waals surface area contributed by atoms with E-state index in [1.807, 2.05) is 62.4 Å². The van der Waals surface area contributed by atoms with E-state index in [0.717, 1.165) is 22.5 Å². The molecule has 0 saturated heterocycles. The van der Waals surface area contributed by atoms with E-state index in [2.05, 4.69) is 20.6 Å². The highest BCUT2D eigenvalue weighted by molar-refractivity contribution is 6.03. The fourth-order valence-corrected chi connectivity index (χ4v) is 2.30. The van der Waals surface area contributed by atoms with Gasteiger partial charge in [-0.25, -0.2) is 9.97 Å². The topological polar surface area (TPSA) is 66.9 Å². The van der Waals surface area contributed by atoms with Crippen molar-refractivity contribution in [3.05, 3.63) is 77.6 Å². The lowest BCUT2D eigenvalue weighted by atomic mass is 10.2. The molecule has 0 bridgehead atoms. The summed E-state index contributed by atoms with van der Waals surface area (Å²) in [6, 6.07) is 17.1. The molecule has 5 heteroatoms. The lowest BCUT2D eigenvalue weighted by Crippen LogP contribution is -2.14. The normalized spacial score (nSPS) is 10.2. The van der Waals surface area contributed by atoms with Crippen LogP contribution in [0.25, 0.3) is 0 Å². The number of hydrogen-bond donors (Lipinski definition) is 2. The third-order valence-electron chi connectivity index (χ3n) is 3.56. The predicted octanol–water partition coefficient (Wildman–Crippen LogP) is 4.09. The van der Waals surface area contributed by atoms with Gasteiger partial charge in [0.05, 0.1) is 0 Å². The molecule has 1 aromatic heterocycles. The van der Waals surface area contributed by atoms with Gasteiger partial charge in [0.2, 0.25) is 5.95 Å². The minimum absolute atomic E-state index is 0.268. The largest absolute Gasteiger partial charge is 0.324 e. The number of rotatable bonds is 4. The number of carbonyl (C=O) groups excluding carboxylic acids is 1. The molecule has 0 radical (unpaired) electrons. The van der Waals surface area contributed by atoms with Crippen molar-refractivity contribution in [1.29, 1.82) is 0 Å². The van der Waals surface area contributed by atoms with E-state index in [9.17, 15) is 4.79 Å². The second kappa shape index (κ2) is 6.91. The van der Waals surface area contributed by atoms with Gasteiger partial charge in [-0.2, -0.15) is 0 Å². The van der Waals surface area contributed by atoms with Crippen LogP contribution in [-0.2, 0) is 0 Å². The number of carbonyl (C=O) groups is 1. The maximum atomic E-state index is 12.4. The molecule has 24 heavy (non-hydrogen) atoms. The molecule has 3 aromatic rings. The van der Waals surface area contributed by atoms with Crippen molar-refractivity contribution in [2.45, 2.75) is 13.8 Å². The fraction of sp³-hybridized carbons (Fsp3) is 0.105. The van der Waals surface area contributed by atoms with Gasteiger partial charge in [0.1, 0.15) is 5.69 Å². The van der Waals surface area contributed by atoms with Crippen LogP contribution in [0.2, 0.25) is 0 Å². The van der Waals surface area contributed by atoms with Crippen LogP contribution in [0.5, 0.6) is 0 Å². The second-order valence-corrected chi connectivity index (χ2v) is 5.53. The zero-order valence-electron chi connectivity index (χ0n) is 13.6. The van der Waals surface area contributed by atoms with Gasteiger partial charge in [0, 0.05) is 17.6 Å². The van der Waals surface area contributed by atoms with Crippen molar-refractivity contribution in [2.75, 3.05) is 10.6 Å². The maximum Gasteiger partial charge on any atom is 0.274 e. The molecule has 0 aliphatic carbocycles. The van der Waals surface area contributed by atoms with Crippen LogP contribution >= 0.6 is 0 Å². The summed E-state index contributed by atoms with van der Waals surface area (Å²) in [4.78, 5) is 20.8. The lowest BCUT2D eigenvalue weighted by Gasteiger charge is -2.09. The Kier molecular flexibility index (Phi) is 4.52. The van der Waals surface area contributed by atoms with Crippen LogP contribution in [0.4, 0.5) is 17.3 Å². The number of hydrogen-bond acceptors (Lipinski definition) is 4. The minimum Gasteiger partial charge on any atom is -0.324 e. The summed E-state index contributed by atoms with van der Waals surface area (Å²) in [5, 5.41) is 5.98. The molecule has 120 valence electrons. The predicted molar refractivity (Wildman–Crippen MR) is 95.6 cm³/mol. The number of aryl methyl sites for hydroxylation is 2. The van der Waals surface area contributed by atoms with Crippen LogP contribution in [-0.4, -0.2) is 15.9 Å². The van der Waals surface area contributed by atoms with Crippen molar-refractivity contribution < 1.29 is 4.79 Å². The number of amides is 1. The smallest absolute Gasteiger partial charge is 0.274 e. The second-order valence-electron chi connectivity index (χ2n) is 5.53. The van der Waals surface area contributed by atoms with Gasteiger partial charge in [-0.15, -0.1) is 0 Å². The van der Waals surface area contributed by atoms with Gasteiger partial charge in [-0.1, -0.05) is 30.3 Å². The molecule has 2 N–H and O–H groups in total. The Hall–Kier alpha value is -3.21. The molecular formula is C19H18N4O. The number of nitrogens with one attached hydrogen (secondary N) is 2. The third-order valence-corrected chi connectivity index (χ3v) is 3.56. The molecule has 0 aliphatic rings. The highest BCUT2D eigenvalue weighted by Crippen LogP contribution is 2.17. The average Bonchev–Trinajstić information content (AvgIpc) is 2.57. The maximum absolute atomic E-state index is 12.4. The highest BCUT2D eigenvalue weighted by Gasteiger charge is 2.10. The standard InChI is InChI=1S/C19H18N4O/c1-13-6-5-8-15(12-13)21-18(24)17-10-11-20-19(23-17)22-16-9-4-3-7-14(16)2/h3-12H,1-2H3,(H,21,24)(H,20,22,23). The molecule has 0 spiro atoms. The van der Waals surface area contributed by atoms with Gasteiger partial charge in [0.15, 0.2) is 0 Å². The Balaban J connectivity index is 1.77. The molecule has 5 nitrogen and oxygen atoms in total. The van der Waals surface area contributed by atoms with Crippen LogP contribution < -0.4 is 10.6 Å². The van der Waals surface area contributed by atoms with Crippen LogP contribution in [0.1, 0.15) is 21.6 Å². The third kappa shape index (κ3) is 3.76. The van der Waals surface area contributed by atoms with Crippen LogP contribution in [0, 0.1) is 13.8 Å². The Morgan fingerprint density at radius 2 is 1.83 bits per heavy atom. The fourth-order valence-electron chi connectivity index (χ4n) is 2.30. The zero-order chi connectivity index (χ0) is 16.9. The van der Waals surface area contributed by atoms with Crippen molar-refractivity contribution >= 4 is 23.2 Å². The monoisotopic (exact) mass is 318 g/mol. The Labute approximate surface area is 140 Å². The summed E-state index contributed by atoms with van der Waals surface area (Å²) in [6.45, 7) is 3.97. The summed E-state index contributed by atoms with van der Waals surface area (Å²) >= 11 is 0. The molecule has 1 heterocycles. The summed E-state index contributed by atoms with van der Waals surface area (Å²) < 4.78 is 0. The van der Waals surface area contributed by atoms with E-state index in [0.29, 0.717) is 11.6 Å². The summed E-state index contributed by atoms with van der Waals surface area (Å²) in [5.74, 6) is 0.122. The van der Waals surface area contributed by atoms with E-state index < -0.39 is 0 Å². The zero-order valence-corrected chi connectivity index (χ0v) is 13.6. The SMILES string of the molecule is Cc1cccc(NC(=O)c2ccnc(Nc3ccccc3C)n2)c1. The number of nitrogens with zero attached hydrogens (tertiary/aromatic N) is 2. The first-order valence-corrected chi connectivity index (χ1v) is 7.65. The molecule has 3 rings (SSSR count). The number of benzene rings is 2. The molecule has 0 fully saturated rings. The van der Waals surface area contributed by atoms with Gasteiger partial charge in [-0.05, 0) is 49.2 Å². The van der Waals surface area contributed by atoms with Gasteiger partial charge in [0.25, 0.3) is 5.91 Å². The van der Waals surface area contributed by atoms with E-state index in [1.165, 1.54) is 0 Å². The van der Waals surface area contributed by atoms with Crippen LogP contribution in [0.3, 0.4) is 0 Å². The lowest BCUT2D eigenvalue weighted by molar-refractivity contribution is 0.102. The van der Waals surface area contributed by atoms with Crippen molar-refractivity contribution in [3.8, 4) is 0 Å². The Bertz CT molecular complexity index is 877. The minimum atomic E-state index is -0.268. The molecule has 0 saturated carbocycles. The number of aromatic nitrogens is 2. The summed E-state index contributed by atoms with van der Waals surface area (Å²) in [6.07, 6.45) is 1.57. The van der Waals surface area contributed by atoms with Gasteiger partial charge >= 0.3 is 0 Å². The molecule has 0 aliphatic heterocycles. The molecule has 0 unspecified atom stereocenters. The average molecular weight is 318 g/mol. The Morgan fingerprint density at radius 3 is 2.62 bits per heavy atom. The van der Waals surface area contributed by atoms with Gasteiger partial charge < -0.3 is 10.6 Å². The van der Waals surface area contributed by atoms with Crippen molar-refractivity contribution in [3.63, 3.8) is 0 Å². The number of para-hydroxylation sites is 1. The first-order chi connectivity index (χ1) is 11.6. The van der Waals surface area contributed by atoms with Crippen molar-refractivity contribution in [2.24, 2.45) is 0 Å². The van der Waals surface area contributed by atoms with Gasteiger partial charge in [-0.3, -0.25) is 4.79 Å². The Morgan fingerprint density at radius 1 is 1.00 bits per heavy atom. The molecule has 0 atom stereocenters.